The van der Waals surface area contributed by atoms with E-state index < -0.39 is 0 Å². The van der Waals surface area contributed by atoms with Gasteiger partial charge in [0.25, 0.3) is 0 Å². The second kappa shape index (κ2) is 6.12. The number of anilines is 2. The van der Waals surface area contributed by atoms with Gasteiger partial charge in [-0.3, -0.25) is 9.78 Å². The van der Waals surface area contributed by atoms with Gasteiger partial charge in [-0.2, -0.15) is 0 Å². The second-order valence-electron chi connectivity index (χ2n) is 6.33. The van der Waals surface area contributed by atoms with Crippen LogP contribution in [-0.2, 0) is 11.2 Å². The number of aryl methyl sites for hydroxylation is 1. The van der Waals surface area contributed by atoms with Crippen molar-refractivity contribution in [2.45, 2.75) is 26.2 Å². The van der Waals surface area contributed by atoms with Crippen molar-refractivity contribution in [2.24, 2.45) is 5.92 Å². The molecule has 126 valence electrons. The fraction of sp³-hybridized carbons (Fsp3) is 0.263. The Morgan fingerprint density at radius 3 is 2.92 bits per heavy atom. The number of hydrogen-bond acceptors (Lipinski definition) is 5. The molecule has 0 unspecified atom stereocenters. The summed E-state index contributed by atoms with van der Waals surface area (Å²) in [7, 11) is 0. The van der Waals surface area contributed by atoms with E-state index in [0.717, 1.165) is 46.9 Å². The molecule has 6 heteroatoms. The molecule has 1 saturated carbocycles. The summed E-state index contributed by atoms with van der Waals surface area (Å²) in [5.41, 5.74) is 9.05. The molecule has 1 amide bonds. The van der Waals surface area contributed by atoms with Crippen molar-refractivity contribution in [3.8, 4) is 11.3 Å². The fourth-order valence-corrected chi connectivity index (χ4v) is 2.92. The highest BCUT2D eigenvalue weighted by Gasteiger charge is 2.29. The third-order valence-corrected chi connectivity index (χ3v) is 4.51. The number of nitrogens with zero attached hydrogens (tertiary/aromatic N) is 3. The van der Waals surface area contributed by atoms with Crippen molar-refractivity contribution in [1.29, 1.82) is 0 Å². The average Bonchev–Trinajstić information content (AvgIpc) is 3.46. The van der Waals surface area contributed by atoms with Gasteiger partial charge in [0.2, 0.25) is 5.91 Å². The number of pyridine rings is 3. The third-order valence-electron chi connectivity index (χ3n) is 4.51. The Bertz CT molecular complexity index is 965. The van der Waals surface area contributed by atoms with Crippen molar-refractivity contribution >= 4 is 28.3 Å². The van der Waals surface area contributed by atoms with Gasteiger partial charge >= 0.3 is 0 Å². The Kier molecular flexibility index (Phi) is 3.80. The summed E-state index contributed by atoms with van der Waals surface area (Å²) in [5, 5.41) is 4.54. The predicted molar refractivity (Wildman–Crippen MR) is 97.9 cm³/mol. The molecule has 1 aliphatic carbocycles. The molecule has 3 N–H and O–H groups in total. The average molecular weight is 333 g/mol. The SMILES string of the molecule is CCc1ccncc1-c1cc2cc(NC(=O)C3CC3)ncc2c(N)n1. The molecule has 1 fully saturated rings. The minimum atomic E-state index is 0.0367. The Hall–Kier alpha value is -3.02. The molecule has 3 aromatic rings. The predicted octanol–water partition coefficient (Wildman–Crippen LogP) is 3.18. The van der Waals surface area contributed by atoms with Crippen LogP contribution in [0.1, 0.15) is 25.3 Å². The number of hydrogen-bond donors (Lipinski definition) is 2. The molecular weight excluding hydrogens is 314 g/mol. The standard InChI is InChI=1S/C19H19N5O/c1-2-11-5-6-21-9-14(11)16-7-13-8-17(24-19(25)12-3-4-12)22-10-15(13)18(20)23-16/h5-10,12H,2-4H2,1H3,(H2,20,23)(H,22,24,25). The van der Waals surface area contributed by atoms with Gasteiger partial charge in [-0.05, 0) is 48.4 Å². The van der Waals surface area contributed by atoms with Crippen LogP contribution in [0.25, 0.3) is 22.0 Å². The van der Waals surface area contributed by atoms with Crippen molar-refractivity contribution in [3.05, 3.63) is 42.4 Å². The van der Waals surface area contributed by atoms with Gasteiger partial charge in [0.15, 0.2) is 0 Å². The summed E-state index contributed by atoms with van der Waals surface area (Å²) in [6, 6.07) is 5.81. The van der Waals surface area contributed by atoms with E-state index >= 15 is 0 Å². The lowest BCUT2D eigenvalue weighted by molar-refractivity contribution is -0.117. The van der Waals surface area contributed by atoms with Crippen molar-refractivity contribution in [3.63, 3.8) is 0 Å². The van der Waals surface area contributed by atoms with Crippen LogP contribution in [0.4, 0.5) is 11.6 Å². The lowest BCUT2D eigenvalue weighted by Crippen LogP contribution is -2.14. The maximum atomic E-state index is 12.0. The van der Waals surface area contributed by atoms with Crippen LogP contribution < -0.4 is 11.1 Å². The summed E-state index contributed by atoms with van der Waals surface area (Å²) in [4.78, 5) is 25.0. The first-order valence-corrected chi connectivity index (χ1v) is 8.46. The fourth-order valence-electron chi connectivity index (χ4n) is 2.92. The zero-order valence-electron chi connectivity index (χ0n) is 14.0. The minimum Gasteiger partial charge on any atom is -0.383 e. The van der Waals surface area contributed by atoms with Crippen molar-refractivity contribution in [1.82, 2.24) is 15.0 Å². The van der Waals surface area contributed by atoms with E-state index in [9.17, 15) is 4.79 Å². The first-order valence-electron chi connectivity index (χ1n) is 8.46. The van der Waals surface area contributed by atoms with E-state index in [-0.39, 0.29) is 11.8 Å². The number of carbonyl (C=O) groups excluding carboxylic acids is 1. The molecule has 3 aromatic heterocycles. The summed E-state index contributed by atoms with van der Waals surface area (Å²) in [6.07, 6.45) is 8.05. The van der Waals surface area contributed by atoms with E-state index in [1.54, 1.807) is 12.4 Å². The number of fused-ring (bicyclic) bond motifs is 1. The van der Waals surface area contributed by atoms with Gasteiger partial charge in [-0.25, -0.2) is 9.97 Å². The van der Waals surface area contributed by atoms with Crippen LogP contribution >= 0.6 is 0 Å². The van der Waals surface area contributed by atoms with Crippen LogP contribution in [0.3, 0.4) is 0 Å². The summed E-state index contributed by atoms with van der Waals surface area (Å²) in [5.74, 6) is 1.14. The maximum absolute atomic E-state index is 12.0. The van der Waals surface area contributed by atoms with Crippen molar-refractivity contribution < 1.29 is 4.79 Å². The Balaban J connectivity index is 1.77. The number of rotatable bonds is 4. The number of aromatic nitrogens is 3. The molecule has 0 bridgehead atoms. The molecule has 0 aromatic carbocycles. The lowest BCUT2D eigenvalue weighted by atomic mass is 10.0. The zero-order valence-corrected chi connectivity index (χ0v) is 14.0. The molecule has 25 heavy (non-hydrogen) atoms. The van der Waals surface area contributed by atoms with Crippen molar-refractivity contribution in [2.75, 3.05) is 11.1 Å². The van der Waals surface area contributed by atoms with Crippen LogP contribution in [-0.4, -0.2) is 20.9 Å². The molecule has 0 spiro atoms. The highest BCUT2D eigenvalue weighted by molar-refractivity contribution is 5.98. The molecule has 0 saturated heterocycles. The zero-order chi connectivity index (χ0) is 17.4. The van der Waals surface area contributed by atoms with Crippen LogP contribution in [0.5, 0.6) is 0 Å². The van der Waals surface area contributed by atoms with E-state index in [1.165, 1.54) is 0 Å². The van der Waals surface area contributed by atoms with Gasteiger partial charge in [-0.1, -0.05) is 6.92 Å². The maximum Gasteiger partial charge on any atom is 0.228 e. The minimum absolute atomic E-state index is 0.0367. The van der Waals surface area contributed by atoms with E-state index in [4.69, 9.17) is 5.73 Å². The molecule has 0 atom stereocenters. The highest BCUT2D eigenvalue weighted by Crippen LogP contribution is 2.31. The number of carbonyl (C=O) groups is 1. The van der Waals surface area contributed by atoms with Gasteiger partial charge in [0.1, 0.15) is 11.6 Å². The first kappa shape index (κ1) is 15.5. The molecule has 0 aliphatic heterocycles. The summed E-state index contributed by atoms with van der Waals surface area (Å²) < 4.78 is 0. The first-order chi connectivity index (χ1) is 12.2. The Morgan fingerprint density at radius 2 is 2.16 bits per heavy atom. The molecular formula is C19H19N5O. The summed E-state index contributed by atoms with van der Waals surface area (Å²) >= 11 is 0. The van der Waals surface area contributed by atoms with E-state index in [2.05, 4.69) is 27.2 Å². The van der Waals surface area contributed by atoms with Crippen LogP contribution in [0.2, 0.25) is 0 Å². The Morgan fingerprint density at radius 1 is 1.32 bits per heavy atom. The molecule has 0 radical (unpaired) electrons. The van der Waals surface area contributed by atoms with Crippen LogP contribution in [0.15, 0.2) is 36.8 Å². The van der Waals surface area contributed by atoms with Crippen LogP contribution in [0, 0.1) is 5.92 Å². The monoisotopic (exact) mass is 333 g/mol. The van der Waals surface area contributed by atoms with E-state index in [1.807, 2.05) is 24.4 Å². The lowest BCUT2D eigenvalue weighted by Gasteiger charge is -2.10. The molecule has 3 heterocycles. The van der Waals surface area contributed by atoms with Gasteiger partial charge in [0.05, 0.1) is 5.69 Å². The number of nitrogen functional groups attached to an aromatic ring is 1. The second-order valence-corrected chi connectivity index (χ2v) is 6.33. The number of nitrogens with two attached hydrogens (primary N) is 1. The molecule has 4 rings (SSSR count). The molecule has 6 nitrogen and oxygen atoms in total. The quantitative estimate of drug-likeness (QED) is 0.765. The number of amides is 1. The largest absolute Gasteiger partial charge is 0.383 e. The Labute approximate surface area is 145 Å². The number of nitrogens with one attached hydrogen (secondary N) is 1. The van der Waals surface area contributed by atoms with Gasteiger partial charge in [0, 0.05) is 35.5 Å². The smallest absolute Gasteiger partial charge is 0.228 e. The third kappa shape index (κ3) is 3.03. The summed E-state index contributed by atoms with van der Waals surface area (Å²) in [6.45, 7) is 2.10. The van der Waals surface area contributed by atoms with Gasteiger partial charge in [-0.15, -0.1) is 0 Å². The van der Waals surface area contributed by atoms with E-state index in [0.29, 0.717) is 11.6 Å². The molecule has 1 aliphatic rings. The normalized spacial score (nSPS) is 13.8. The topological polar surface area (TPSA) is 93.8 Å². The highest BCUT2D eigenvalue weighted by atomic mass is 16.2. The van der Waals surface area contributed by atoms with Gasteiger partial charge < -0.3 is 11.1 Å².